The first-order valence-electron chi connectivity index (χ1n) is 8.65. The van der Waals surface area contributed by atoms with Crippen LogP contribution in [0.25, 0.3) is 6.08 Å². The Morgan fingerprint density at radius 1 is 0.880 bits per heavy atom. The fraction of sp³-hybridized carbons (Fsp3) is 0.348. The topological polar surface area (TPSA) is 37.3 Å². The molecule has 0 amide bonds. The Morgan fingerprint density at radius 2 is 1.40 bits per heavy atom. The van der Waals surface area contributed by atoms with E-state index in [1.165, 1.54) is 23.3 Å². The van der Waals surface area contributed by atoms with Gasteiger partial charge in [0.25, 0.3) is 0 Å². The van der Waals surface area contributed by atoms with Crippen LogP contribution in [0.3, 0.4) is 0 Å². The Kier molecular flexibility index (Phi) is 5.22. The van der Waals surface area contributed by atoms with E-state index >= 15 is 0 Å². The lowest BCUT2D eigenvalue weighted by molar-refractivity contribution is 0.104. The van der Waals surface area contributed by atoms with Gasteiger partial charge in [0.2, 0.25) is 0 Å². The number of para-hydroxylation sites is 1. The van der Waals surface area contributed by atoms with Crippen LogP contribution >= 0.6 is 0 Å². The first-order chi connectivity index (χ1) is 11.5. The third-order valence-electron chi connectivity index (χ3n) is 4.28. The van der Waals surface area contributed by atoms with Crippen LogP contribution in [0.4, 0.5) is 0 Å². The molecule has 0 spiro atoms. The highest BCUT2D eigenvalue weighted by Crippen LogP contribution is 2.30. The molecule has 25 heavy (non-hydrogen) atoms. The van der Waals surface area contributed by atoms with Gasteiger partial charge in [0.15, 0.2) is 5.78 Å². The van der Waals surface area contributed by atoms with Gasteiger partial charge in [-0.15, -0.1) is 0 Å². The van der Waals surface area contributed by atoms with E-state index in [1.807, 2.05) is 6.08 Å². The number of aromatic hydroxyl groups is 1. The van der Waals surface area contributed by atoms with Crippen molar-refractivity contribution in [3.63, 3.8) is 0 Å². The number of phenols is 1. The standard InChI is InChI=1S/C23H28O2/c1-22(2,3)17-13-16(14-18(15-17)23(4,5)6)11-12-21(25)19-9-7-8-10-20(19)24/h7-15,24H,1-6H3. The Hall–Kier alpha value is -2.35. The number of allylic oxidation sites excluding steroid dienone is 1. The normalized spacial score (nSPS) is 12.6. The van der Waals surface area contributed by atoms with Crippen LogP contribution in [0, 0.1) is 0 Å². The summed E-state index contributed by atoms with van der Waals surface area (Å²) in [6, 6.07) is 13.1. The van der Waals surface area contributed by atoms with Gasteiger partial charge in [0, 0.05) is 0 Å². The maximum atomic E-state index is 12.4. The van der Waals surface area contributed by atoms with Crippen molar-refractivity contribution >= 4 is 11.9 Å². The molecule has 0 atom stereocenters. The van der Waals surface area contributed by atoms with E-state index in [9.17, 15) is 9.90 Å². The predicted octanol–water partition coefficient (Wildman–Crippen LogP) is 5.88. The highest BCUT2D eigenvalue weighted by atomic mass is 16.3. The largest absolute Gasteiger partial charge is 0.507 e. The van der Waals surface area contributed by atoms with Crippen LogP contribution < -0.4 is 0 Å². The molecule has 1 N–H and O–H groups in total. The van der Waals surface area contributed by atoms with Gasteiger partial charge in [-0.25, -0.2) is 0 Å². The SMILES string of the molecule is CC(C)(C)c1cc(C=CC(=O)c2ccccc2O)cc(C(C)(C)C)c1. The number of hydrogen-bond acceptors (Lipinski definition) is 2. The average molecular weight is 336 g/mol. The van der Waals surface area contributed by atoms with Gasteiger partial charge in [-0.2, -0.15) is 0 Å². The highest BCUT2D eigenvalue weighted by molar-refractivity contribution is 6.08. The van der Waals surface area contributed by atoms with Crippen molar-refractivity contribution in [1.29, 1.82) is 0 Å². The highest BCUT2D eigenvalue weighted by Gasteiger charge is 2.20. The van der Waals surface area contributed by atoms with Crippen molar-refractivity contribution < 1.29 is 9.90 Å². The molecule has 2 aromatic rings. The number of benzene rings is 2. The predicted molar refractivity (Wildman–Crippen MR) is 105 cm³/mol. The minimum absolute atomic E-state index is 0.0102. The Morgan fingerprint density at radius 3 is 1.88 bits per heavy atom. The molecule has 2 nitrogen and oxygen atoms in total. The number of ketones is 1. The number of rotatable bonds is 3. The van der Waals surface area contributed by atoms with E-state index in [4.69, 9.17) is 0 Å². The van der Waals surface area contributed by atoms with Crippen LogP contribution in [0.5, 0.6) is 5.75 Å². The van der Waals surface area contributed by atoms with E-state index in [0.29, 0.717) is 5.56 Å². The van der Waals surface area contributed by atoms with Crippen LogP contribution in [-0.2, 0) is 10.8 Å². The molecule has 0 aliphatic heterocycles. The third kappa shape index (κ3) is 4.82. The molecule has 0 radical (unpaired) electrons. The van der Waals surface area contributed by atoms with E-state index < -0.39 is 0 Å². The zero-order valence-electron chi connectivity index (χ0n) is 16.1. The number of carbonyl (C=O) groups excluding carboxylic acids is 1. The maximum Gasteiger partial charge on any atom is 0.189 e. The molecule has 0 fully saturated rings. The second kappa shape index (κ2) is 6.87. The first kappa shape index (κ1) is 19.0. The van der Waals surface area contributed by atoms with Gasteiger partial charge < -0.3 is 5.11 Å². The van der Waals surface area contributed by atoms with Crippen molar-refractivity contribution in [1.82, 2.24) is 0 Å². The van der Waals surface area contributed by atoms with Gasteiger partial charge in [0.1, 0.15) is 5.75 Å². The Bertz CT molecular complexity index is 767. The van der Waals surface area contributed by atoms with Crippen LogP contribution in [0.1, 0.15) is 68.6 Å². The van der Waals surface area contributed by atoms with Crippen molar-refractivity contribution in [3.05, 3.63) is 70.8 Å². The lowest BCUT2D eigenvalue weighted by atomic mass is 9.79. The molecular formula is C23H28O2. The Labute approximate surface area is 151 Å². The second-order valence-electron chi connectivity index (χ2n) is 8.56. The van der Waals surface area contributed by atoms with Crippen LogP contribution in [0.2, 0.25) is 0 Å². The Balaban J connectivity index is 2.42. The lowest BCUT2D eigenvalue weighted by Crippen LogP contribution is -2.16. The minimum atomic E-state index is -0.198. The summed E-state index contributed by atoms with van der Waals surface area (Å²) in [5.41, 5.74) is 3.88. The van der Waals surface area contributed by atoms with Gasteiger partial charge >= 0.3 is 0 Å². The van der Waals surface area contributed by atoms with Crippen molar-refractivity contribution in [2.45, 2.75) is 52.4 Å². The average Bonchev–Trinajstić information content (AvgIpc) is 2.51. The van der Waals surface area contributed by atoms with Crippen molar-refractivity contribution in [2.24, 2.45) is 0 Å². The van der Waals surface area contributed by atoms with Gasteiger partial charge in [-0.05, 0) is 45.7 Å². The summed E-state index contributed by atoms with van der Waals surface area (Å²) in [7, 11) is 0. The summed E-state index contributed by atoms with van der Waals surface area (Å²) in [5.74, 6) is -0.187. The summed E-state index contributed by atoms with van der Waals surface area (Å²) in [6.07, 6.45) is 3.36. The molecule has 0 saturated carbocycles. The van der Waals surface area contributed by atoms with Gasteiger partial charge in [0.05, 0.1) is 5.56 Å². The van der Waals surface area contributed by atoms with E-state index in [2.05, 4.69) is 59.7 Å². The fourth-order valence-electron chi connectivity index (χ4n) is 2.56. The first-order valence-corrected chi connectivity index (χ1v) is 8.65. The lowest BCUT2D eigenvalue weighted by Gasteiger charge is -2.25. The number of hydrogen-bond donors (Lipinski definition) is 1. The number of phenolic OH excluding ortho intramolecular Hbond substituents is 1. The second-order valence-corrected chi connectivity index (χ2v) is 8.56. The summed E-state index contributed by atoms with van der Waals surface area (Å²) < 4.78 is 0. The zero-order valence-corrected chi connectivity index (χ0v) is 16.1. The number of carbonyl (C=O) groups is 1. The molecule has 2 aromatic carbocycles. The zero-order chi connectivity index (χ0) is 18.8. The molecule has 2 rings (SSSR count). The van der Waals surface area contributed by atoms with Gasteiger partial charge in [-0.1, -0.05) is 78.0 Å². The molecule has 0 heterocycles. The summed E-state index contributed by atoms with van der Waals surface area (Å²) in [5, 5.41) is 9.82. The molecule has 0 bridgehead atoms. The van der Waals surface area contributed by atoms with E-state index in [-0.39, 0.29) is 22.4 Å². The summed E-state index contributed by atoms with van der Waals surface area (Å²) in [6.45, 7) is 13.1. The van der Waals surface area contributed by atoms with Gasteiger partial charge in [-0.3, -0.25) is 4.79 Å². The maximum absolute atomic E-state index is 12.4. The summed E-state index contributed by atoms with van der Waals surface area (Å²) in [4.78, 5) is 12.4. The summed E-state index contributed by atoms with van der Waals surface area (Å²) >= 11 is 0. The smallest absolute Gasteiger partial charge is 0.189 e. The third-order valence-corrected chi connectivity index (χ3v) is 4.28. The minimum Gasteiger partial charge on any atom is -0.507 e. The molecule has 132 valence electrons. The molecule has 0 unspecified atom stereocenters. The molecule has 2 heteroatoms. The van der Waals surface area contributed by atoms with E-state index in [1.54, 1.807) is 18.2 Å². The molecule has 0 aliphatic carbocycles. The quantitative estimate of drug-likeness (QED) is 0.561. The van der Waals surface area contributed by atoms with Crippen LogP contribution in [0.15, 0.2) is 48.5 Å². The molecule has 0 saturated heterocycles. The molecule has 0 aliphatic rings. The van der Waals surface area contributed by atoms with E-state index in [0.717, 1.165) is 5.56 Å². The molecular weight excluding hydrogens is 308 g/mol. The molecule has 0 aromatic heterocycles. The van der Waals surface area contributed by atoms with Crippen molar-refractivity contribution in [3.8, 4) is 5.75 Å². The van der Waals surface area contributed by atoms with Crippen LogP contribution in [-0.4, -0.2) is 10.9 Å². The van der Waals surface area contributed by atoms with Crippen molar-refractivity contribution in [2.75, 3.05) is 0 Å². The monoisotopic (exact) mass is 336 g/mol. The fourth-order valence-corrected chi connectivity index (χ4v) is 2.56.